The fourth-order valence-electron chi connectivity index (χ4n) is 3.27. The number of hydrogen-bond donors (Lipinski definition) is 1. The Morgan fingerprint density at radius 2 is 1.80 bits per heavy atom. The molecule has 1 aliphatic rings. The molecule has 0 saturated carbocycles. The lowest BCUT2D eigenvalue weighted by atomic mass is 10.0. The second kappa shape index (κ2) is 10.2. The van der Waals surface area contributed by atoms with E-state index in [0.717, 1.165) is 5.56 Å². The van der Waals surface area contributed by atoms with Gasteiger partial charge in [-0.05, 0) is 35.9 Å². The Bertz CT molecular complexity index is 916. The summed E-state index contributed by atoms with van der Waals surface area (Å²) in [6.07, 6.45) is 1.68. The van der Waals surface area contributed by atoms with E-state index in [0.29, 0.717) is 55.5 Å². The van der Waals surface area contributed by atoms with Gasteiger partial charge in [0.25, 0.3) is 0 Å². The molecule has 7 heteroatoms. The van der Waals surface area contributed by atoms with Gasteiger partial charge in [-0.25, -0.2) is 0 Å². The first-order chi connectivity index (χ1) is 14.6. The van der Waals surface area contributed by atoms with Gasteiger partial charge in [0.2, 0.25) is 5.78 Å². The number of carbonyl (C=O) groups is 1. The molecule has 0 saturated heterocycles. The van der Waals surface area contributed by atoms with Crippen LogP contribution in [0.15, 0.2) is 42.2 Å². The minimum absolute atomic E-state index is 0.0871. The predicted molar refractivity (Wildman–Crippen MR) is 113 cm³/mol. The van der Waals surface area contributed by atoms with Crippen LogP contribution in [0.25, 0.3) is 6.08 Å². The molecule has 160 valence electrons. The molecule has 30 heavy (non-hydrogen) atoms. The van der Waals surface area contributed by atoms with Crippen molar-refractivity contribution in [2.24, 2.45) is 0 Å². The van der Waals surface area contributed by atoms with Gasteiger partial charge in [0, 0.05) is 33.9 Å². The third kappa shape index (κ3) is 4.99. The number of phenols is 1. The summed E-state index contributed by atoms with van der Waals surface area (Å²) in [7, 11) is 4.88. The van der Waals surface area contributed by atoms with Gasteiger partial charge in [0.15, 0.2) is 5.76 Å². The van der Waals surface area contributed by atoms with Gasteiger partial charge in [0.1, 0.15) is 17.2 Å². The highest BCUT2D eigenvalue weighted by Crippen LogP contribution is 2.40. The molecule has 2 aromatic carbocycles. The average molecular weight is 413 g/mol. The van der Waals surface area contributed by atoms with E-state index < -0.39 is 0 Å². The number of allylic oxidation sites excluding steroid dienone is 1. The van der Waals surface area contributed by atoms with Gasteiger partial charge in [-0.2, -0.15) is 0 Å². The SMILES string of the molecule is COCCN(CCOC)Cc1c(O)ccc2c1O/C(=C/c1cccc(OC)c1)C2=O. The summed E-state index contributed by atoms with van der Waals surface area (Å²) in [4.78, 5) is 15.0. The maximum Gasteiger partial charge on any atom is 0.231 e. The third-order valence-electron chi connectivity index (χ3n) is 4.91. The monoisotopic (exact) mass is 413 g/mol. The Hall–Kier alpha value is -2.87. The number of ketones is 1. The number of ether oxygens (including phenoxy) is 4. The van der Waals surface area contributed by atoms with Gasteiger partial charge in [0.05, 0.1) is 31.5 Å². The minimum Gasteiger partial charge on any atom is -0.507 e. The van der Waals surface area contributed by atoms with Crippen molar-refractivity contribution in [3.05, 3.63) is 58.8 Å². The summed E-state index contributed by atoms with van der Waals surface area (Å²) < 4.78 is 21.5. The van der Waals surface area contributed by atoms with Crippen LogP contribution in [0.1, 0.15) is 21.5 Å². The second-order valence-electron chi connectivity index (χ2n) is 6.92. The van der Waals surface area contributed by atoms with Gasteiger partial charge in [-0.15, -0.1) is 0 Å². The number of hydrogen-bond acceptors (Lipinski definition) is 7. The van der Waals surface area contributed by atoms with E-state index in [1.54, 1.807) is 33.5 Å². The maximum atomic E-state index is 12.9. The number of benzene rings is 2. The molecule has 0 unspecified atom stereocenters. The number of nitrogens with zero attached hydrogens (tertiary/aromatic N) is 1. The van der Waals surface area contributed by atoms with Crippen LogP contribution >= 0.6 is 0 Å². The lowest BCUT2D eigenvalue weighted by Crippen LogP contribution is -2.30. The average Bonchev–Trinajstić information content (AvgIpc) is 3.07. The van der Waals surface area contributed by atoms with Crippen LogP contribution in [0, 0.1) is 0 Å². The van der Waals surface area contributed by atoms with Crippen molar-refractivity contribution in [3.63, 3.8) is 0 Å². The van der Waals surface area contributed by atoms with Crippen molar-refractivity contribution in [3.8, 4) is 17.2 Å². The van der Waals surface area contributed by atoms with Crippen LogP contribution in [-0.2, 0) is 16.0 Å². The molecule has 0 spiro atoms. The standard InChI is InChI=1S/C23H27NO6/c1-27-11-9-24(10-12-28-2)15-19-20(25)8-7-18-22(26)21(30-23(18)19)14-16-5-4-6-17(13-16)29-3/h4-8,13-14,25H,9-12,15H2,1-3H3/b21-14+. The van der Waals surface area contributed by atoms with Gasteiger partial charge in [-0.3, -0.25) is 9.69 Å². The highest BCUT2D eigenvalue weighted by atomic mass is 16.5. The van der Waals surface area contributed by atoms with Crippen molar-refractivity contribution in [2.45, 2.75) is 6.54 Å². The van der Waals surface area contributed by atoms with E-state index in [1.807, 2.05) is 24.3 Å². The maximum absolute atomic E-state index is 12.9. The number of aromatic hydroxyl groups is 1. The molecule has 0 fully saturated rings. The first-order valence-electron chi connectivity index (χ1n) is 9.70. The summed E-state index contributed by atoms with van der Waals surface area (Å²) in [5.41, 5.74) is 1.80. The first kappa shape index (κ1) is 21.8. The van der Waals surface area contributed by atoms with Crippen molar-refractivity contribution >= 4 is 11.9 Å². The van der Waals surface area contributed by atoms with Crippen molar-refractivity contribution in [1.29, 1.82) is 0 Å². The van der Waals surface area contributed by atoms with E-state index in [1.165, 1.54) is 6.07 Å². The van der Waals surface area contributed by atoms with Gasteiger partial charge < -0.3 is 24.1 Å². The Labute approximate surface area is 176 Å². The van der Waals surface area contributed by atoms with Crippen LogP contribution in [0.4, 0.5) is 0 Å². The predicted octanol–water partition coefficient (Wildman–Crippen LogP) is 3.11. The molecular formula is C23H27NO6. The minimum atomic E-state index is -0.214. The van der Waals surface area contributed by atoms with Crippen LogP contribution in [0.2, 0.25) is 0 Å². The van der Waals surface area contributed by atoms with E-state index in [4.69, 9.17) is 18.9 Å². The first-order valence-corrected chi connectivity index (χ1v) is 9.70. The number of fused-ring (bicyclic) bond motifs is 1. The molecule has 3 rings (SSSR count). The van der Waals surface area contributed by atoms with E-state index in [9.17, 15) is 9.90 Å². The van der Waals surface area contributed by atoms with Gasteiger partial charge >= 0.3 is 0 Å². The molecule has 0 bridgehead atoms. The molecule has 0 radical (unpaired) electrons. The summed E-state index contributed by atoms with van der Waals surface area (Å²) in [6.45, 7) is 2.80. The van der Waals surface area contributed by atoms with E-state index in [-0.39, 0.29) is 17.3 Å². The van der Waals surface area contributed by atoms with Crippen molar-refractivity contribution in [2.75, 3.05) is 47.6 Å². The van der Waals surface area contributed by atoms with Crippen LogP contribution in [0.3, 0.4) is 0 Å². The van der Waals surface area contributed by atoms with Crippen LogP contribution < -0.4 is 9.47 Å². The summed E-state index contributed by atoms with van der Waals surface area (Å²) in [5.74, 6) is 1.18. The Balaban J connectivity index is 1.89. The lowest BCUT2D eigenvalue weighted by Gasteiger charge is -2.23. The zero-order valence-electron chi connectivity index (χ0n) is 17.5. The van der Waals surface area contributed by atoms with Crippen molar-refractivity contribution < 1.29 is 28.8 Å². The van der Waals surface area contributed by atoms with Crippen molar-refractivity contribution in [1.82, 2.24) is 4.90 Å². The number of carbonyl (C=O) groups excluding carboxylic acids is 1. The molecule has 1 N–H and O–H groups in total. The molecule has 0 atom stereocenters. The molecular weight excluding hydrogens is 386 g/mol. The quantitative estimate of drug-likeness (QED) is 0.600. The number of methoxy groups -OCH3 is 3. The molecule has 1 aliphatic heterocycles. The van der Waals surface area contributed by atoms with E-state index in [2.05, 4.69) is 4.90 Å². The zero-order chi connectivity index (χ0) is 21.5. The smallest absolute Gasteiger partial charge is 0.231 e. The normalized spacial score (nSPS) is 14.3. The fourth-order valence-corrected chi connectivity index (χ4v) is 3.27. The largest absolute Gasteiger partial charge is 0.507 e. The lowest BCUT2D eigenvalue weighted by molar-refractivity contribution is 0.101. The number of Topliss-reactive ketones (excluding diaryl/α,β-unsaturated/α-hetero) is 1. The van der Waals surface area contributed by atoms with E-state index >= 15 is 0 Å². The topological polar surface area (TPSA) is 77.5 Å². The molecule has 2 aromatic rings. The summed E-state index contributed by atoms with van der Waals surface area (Å²) >= 11 is 0. The Morgan fingerprint density at radius 1 is 1.07 bits per heavy atom. The highest BCUT2D eigenvalue weighted by molar-refractivity contribution is 6.15. The number of phenolic OH excluding ortho intramolecular Hbond substituents is 1. The summed E-state index contributed by atoms with van der Waals surface area (Å²) in [5, 5.41) is 10.5. The van der Waals surface area contributed by atoms with Gasteiger partial charge in [-0.1, -0.05) is 12.1 Å². The molecule has 7 nitrogen and oxygen atoms in total. The molecule has 0 amide bonds. The Morgan fingerprint density at radius 3 is 2.47 bits per heavy atom. The Kier molecular flexibility index (Phi) is 7.46. The third-order valence-corrected chi connectivity index (χ3v) is 4.91. The van der Waals surface area contributed by atoms with Crippen LogP contribution in [0.5, 0.6) is 17.2 Å². The van der Waals surface area contributed by atoms with Crippen LogP contribution in [-0.4, -0.2) is 63.4 Å². The molecule has 0 aromatic heterocycles. The molecule has 0 aliphatic carbocycles. The zero-order valence-corrected chi connectivity index (χ0v) is 17.5. The number of rotatable bonds is 10. The molecule has 1 heterocycles. The second-order valence-corrected chi connectivity index (χ2v) is 6.92. The highest BCUT2D eigenvalue weighted by Gasteiger charge is 2.31. The fraction of sp³-hybridized carbons (Fsp3) is 0.348. The summed E-state index contributed by atoms with van der Waals surface area (Å²) in [6, 6.07) is 10.5.